The highest BCUT2D eigenvalue weighted by atomic mass is 15.3. The van der Waals surface area contributed by atoms with Crippen LogP contribution in [-0.4, -0.2) is 37.7 Å². The third kappa shape index (κ3) is 4.57. The maximum atomic E-state index is 4.61. The molecule has 3 heterocycles. The molecule has 1 saturated heterocycles. The van der Waals surface area contributed by atoms with Crippen molar-refractivity contribution >= 4 is 5.82 Å². The second-order valence-corrected chi connectivity index (χ2v) is 7.98. The van der Waals surface area contributed by atoms with Crippen LogP contribution in [0.4, 0.5) is 5.82 Å². The van der Waals surface area contributed by atoms with Crippen LogP contribution in [-0.2, 0) is 13.1 Å². The first-order valence-corrected chi connectivity index (χ1v) is 10.0. The monoisotopic (exact) mass is 376 g/mol. The normalized spacial score (nSPS) is 20.2. The second kappa shape index (κ2) is 8.52. The number of rotatable bonds is 6. The summed E-state index contributed by atoms with van der Waals surface area (Å²) in [6.07, 6.45) is 8.41. The number of piperidine rings is 1. The molecule has 0 radical (unpaired) electrons. The van der Waals surface area contributed by atoms with Crippen molar-refractivity contribution in [3.8, 4) is 5.82 Å². The smallest absolute Gasteiger partial charge is 0.173 e. The Hall–Kier alpha value is -2.73. The number of likely N-dealkylation sites (tertiary alicyclic amines) is 1. The summed E-state index contributed by atoms with van der Waals surface area (Å²) in [5, 5.41) is 7.64. The number of hydrogen-bond acceptors (Lipinski definition) is 5. The number of nitrogens with one attached hydrogen (secondary N) is 1. The van der Waals surface area contributed by atoms with Gasteiger partial charge in [-0.3, -0.25) is 9.88 Å². The molecule has 3 aromatic rings. The minimum absolute atomic E-state index is 0.708. The molecule has 1 fully saturated rings. The van der Waals surface area contributed by atoms with Crippen molar-refractivity contribution in [3.05, 3.63) is 66.2 Å². The fourth-order valence-electron chi connectivity index (χ4n) is 4.19. The summed E-state index contributed by atoms with van der Waals surface area (Å²) in [4.78, 5) is 11.5. The van der Waals surface area contributed by atoms with E-state index in [0.29, 0.717) is 5.82 Å². The first-order valence-electron chi connectivity index (χ1n) is 10.0. The van der Waals surface area contributed by atoms with E-state index in [1.54, 1.807) is 23.3 Å². The Morgan fingerprint density at radius 3 is 2.57 bits per heavy atom. The molecule has 1 N–H and O–H groups in total. The summed E-state index contributed by atoms with van der Waals surface area (Å²) in [5.74, 6) is 3.01. The van der Waals surface area contributed by atoms with E-state index in [1.165, 1.54) is 30.6 Å². The molecule has 1 aliphatic rings. The SMILES string of the molecule is C[C@@H]1C[C@@H](C)CN(Cc2ccccc2CNc2cncc(-n3cccn3)n2)C1. The molecular formula is C22H28N6. The summed E-state index contributed by atoms with van der Waals surface area (Å²) in [5.41, 5.74) is 2.69. The molecule has 0 bridgehead atoms. The predicted octanol–water partition coefficient (Wildman–Crippen LogP) is 3.75. The van der Waals surface area contributed by atoms with Gasteiger partial charge in [-0.15, -0.1) is 0 Å². The van der Waals surface area contributed by atoms with Gasteiger partial charge >= 0.3 is 0 Å². The van der Waals surface area contributed by atoms with E-state index in [2.05, 4.69) is 63.4 Å². The summed E-state index contributed by atoms with van der Waals surface area (Å²) in [7, 11) is 0. The molecule has 0 amide bonds. The molecule has 2 atom stereocenters. The van der Waals surface area contributed by atoms with E-state index >= 15 is 0 Å². The van der Waals surface area contributed by atoms with Gasteiger partial charge in [-0.05, 0) is 35.4 Å². The van der Waals surface area contributed by atoms with Crippen molar-refractivity contribution in [2.24, 2.45) is 11.8 Å². The molecule has 0 aliphatic carbocycles. The van der Waals surface area contributed by atoms with Crippen LogP contribution in [0, 0.1) is 11.8 Å². The zero-order chi connectivity index (χ0) is 19.3. The molecule has 4 rings (SSSR count). The minimum atomic E-state index is 0.708. The van der Waals surface area contributed by atoms with Crippen molar-refractivity contribution in [2.75, 3.05) is 18.4 Å². The molecule has 6 heteroatoms. The summed E-state index contributed by atoms with van der Waals surface area (Å²) < 4.78 is 1.71. The van der Waals surface area contributed by atoms with Crippen LogP contribution >= 0.6 is 0 Å². The van der Waals surface area contributed by atoms with Crippen molar-refractivity contribution in [1.29, 1.82) is 0 Å². The number of benzene rings is 1. The van der Waals surface area contributed by atoms with Crippen LogP contribution in [0.15, 0.2) is 55.1 Å². The molecule has 2 aromatic heterocycles. The lowest BCUT2D eigenvalue weighted by Gasteiger charge is -2.35. The molecule has 0 spiro atoms. The predicted molar refractivity (Wildman–Crippen MR) is 111 cm³/mol. The number of aromatic nitrogens is 4. The van der Waals surface area contributed by atoms with E-state index in [-0.39, 0.29) is 0 Å². The highest BCUT2D eigenvalue weighted by Crippen LogP contribution is 2.23. The zero-order valence-corrected chi connectivity index (χ0v) is 16.6. The maximum Gasteiger partial charge on any atom is 0.173 e. The Labute approximate surface area is 166 Å². The third-order valence-electron chi connectivity index (χ3n) is 5.28. The van der Waals surface area contributed by atoms with E-state index in [4.69, 9.17) is 0 Å². The first kappa shape index (κ1) is 18.6. The van der Waals surface area contributed by atoms with Gasteiger partial charge in [-0.2, -0.15) is 5.10 Å². The van der Waals surface area contributed by atoms with Crippen LogP contribution < -0.4 is 5.32 Å². The maximum absolute atomic E-state index is 4.61. The Morgan fingerprint density at radius 1 is 1.04 bits per heavy atom. The van der Waals surface area contributed by atoms with Crippen LogP contribution in [0.5, 0.6) is 0 Å². The van der Waals surface area contributed by atoms with Crippen molar-refractivity contribution in [3.63, 3.8) is 0 Å². The fraction of sp³-hybridized carbons (Fsp3) is 0.409. The highest BCUT2D eigenvalue weighted by Gasteiger charge is 2.22. The first-order chi connectivity index (χ1) is 13.7. The van der Waals surface area contributed by atoms with Gasteiger partial charge in [0, 0.05) is 38.6 Å². The van der Waals surface area contributed by atoms with Gasteiger partial charge in [0.15, 0.2) is 5.82 Å². The second-order valence-electron chi connectivity index (χ2n) is 7.98. The van der Waals surface area contributed by atoms with Gasteiger partial charge in [0.05, 0.1) is 12.4 Å². The number of nitrogens with zero attached hydrogens (tertiary/aromatic N) is 5. The highest BCUT2D eigenvalue weighted by molar-refractivity contribution is 5.38. The van der Waals surface area contributed by atoms with Crippen LogP contribution in [0.3, 0.4) is 0 Å². The van der Waals surface area contributed by atoms with Crippen LogP contribution in [0.25, 0.3) is 5.82 Å². The molecule has 6 nitrogen and oxygen atoms in total. The average Bonchev–Trinajstić information content (AvgIpc) is 3.22. The van der Waals surface area contributed by atoms with Gasteiger partial charge in [-0.1, -0.05) is 38.1 Å². The Morgan fingerprint density at radius 2 is 1.82 bits per heavy atom. The molecule has 0 saturated carbocycles. The van der Waals surface area contributed by atoms with Gasteiger partial charge in [0.25, 0.3) is 0 Å². The third-order valence-corrected chi connectivity index (χ3v) is 5.28. The van der Waals surface area contributed by atoms with E-state index in [0.717, 1.165) is 30.7 Å². The van der Waals surface area contributed by atoms with Gasteiger partial charge in [0.1, 0.15) is 5.82 Å². The largest absolute Gasteiger partial charge is 0.365 e. The fourth-order valence-corrected chi connectivity index (χ4v) is 4.19. The van der Waals surface area contributed by atoms with E-state index in [9.17, 15) is 0 Å². The standard InChI is InChI=1S/C22H28N6/c1-17-10-18(2)15-27(14-17)16-20-7-4-3-6-19(20)11-24-21-12-23-13-22(26-21)28-9-5-8-25-28/h3-9,12-13,17-18H,10-11,14-16H2,1-2H3,(H,24,26)/t17-,18-/m1/s1. The number of hydrogen-bond donors (Lipinski definition) is 1. The van der Waals surface area contributed by atoms with E-state index in [1.807, 2.05) is 12.3 Å². The van der Waals surface area contributed by atoms with Gasteiger partial charge in [0.2, 0.25) is 0 Å². The van der Waals surface area contributed by atoms with Gasteiger partial charge in [-0.25, -0.2) is 9.67 Å². The van der Waals surface area contributed by atoms with Gasteiger partial charge < -0.3 is 5.32 Å². The molecular weight excluding hydrogens is 348 g/mol. The lowest BCUT2D eigenvalue weighted by Crippen LogP contribution is -2.38. The molecule has 28 heavy (non-hydrogen) atoms. The Kier molecular flexibility index (Phi) is 5.67. The molecule has 146 valence electrons. The topological polar surface area (TPSA) is 58.9 Å². The summed E-state index contributed by atoms with van der Waals surface area (Å²) >= 11 is 0. The van der Waals surface area contributed by atoms with Crippen molar-refractivity contribution in [1.82, 2.24) is 24.6 Å². The van der Waals surface area contributed by atoms with E-state index < -0.39 is 0 Å². The average molecular weight is 377 g/mol. The molecule has 0 unspecified atom stereocenters. The van der Waals surface area contributed by atoms with Crippen LogP contribution in [0.1, 0.15) is 31.4 Å². The Balaban J connectivity index is 1.44. The summed E-state index contributed by atoms with van der Waals surface area (Å²) in [6, 6.07) is 10.6. The minimum Gasteiger partial charge on any atom is -0.365 e. The summed E-state index contributed by atoms with van der Waals surface area (Å²) in [6.45, 7) is 8.83. The molecule has 1 aromatic carbocycles. The van der Waals surface area contributed by atoms with Crippen molar-refractivity contribution < 1.29 is 0 Å². The van der Waals surface area contributed by atoms with Crippen LogP contribution in [0.2, 0.25) is 0 Å². The quantitative estimate of drug-likeness (QED) is 0.710. The number of anilines is 1. The Bertz CT molecular complexity index is 882. The lowest BCUT2D eigenvalue weighted by molar-refractivity contribution is 0.134. The van der Waals surface area contributed by atoms with Crippen molar-refractivity contribution in [2.45, 2.75) is 33.4 Å². The zero-order valence-electron chi connectivity index (χ0n) is 16.6. The lowest BCUT2D eigenvalue weighted by atomic mass is 9.91. The molecule has 1 aliphatic heterocycles.